The van der Waals surface area contributed by atoms with Gasteiger partial charge in [0, 0.05) is 8.95 Å². The molecule has 0 aliphatic heterocycles. The largest absolute Gasteiger partial charge is 0.508 e. The lowest BCUT2D eigenvalue weighted by atomic mass is 10.2. The van der Waals surface area contributed by atoms with Gasteiger partial charge in [0.25, 0.3) is 0 Å². The Morgan fingerprint density at radius 3 is 1.64 bits per heavy atom. The van der Waals surface area contributed by atoms with Crippen LogP contribution in [-0.4, -0.2) is 76.4 Å². The van der Waals surface area contributed by atoms with E-state index >= 15 is 0 Å². The number of aliphatic hydroxyl groups is 1. The van der Waals surface area contributed by atoms with Crippen LogP contribution < -0.4 is 18.9 Å². The van der Waals surface area contributed by atoms with Gasteiger partial charge in [-0.05, 0) is 58.9 Å². The van der Waals surface area contributed by atoms with Crippen molar-refractivity contribution in [2.45, 2.75) is 40.2 Å². The molecule has 2 aromatic carbocycles. The number of carbonyl (C=O) groups excluding carboxylic acids is 1. The van der Waals surface area contributed by atoms with Gasteiger partial charge in [0.1, 0.15) is 36.5 Å². The third-order valence-corrected chi connectivity index (χ3v) is 6.05. The molecule has 0 saturated carbocycles. The van der Waals surface area contributed by atoms with Crippen LogP contribution in [0.15, 0.2) is 33.2 Å². The number of fused-ring (bicyclic) bond motifs is 2. The van der Waals surface area contributed by atoms with Crippen molar-refractivity contribution in [1.82, 2.24) is 19.9 Å². The Morgan fingerprint density at radius 1 is 0.756 bits per heavy atom. The summed E-state index contributed by atoms with van der Waals surface area (Å²) in [6.45, 7) is 9.29. The SMILES string of the molecule is CCOc1nc(OCCO)c2cc(Br)cc(F)c2n1.CCOc1nc(OCCOC(=O)OC(C)(C)C)c2cc(Br)cc(F)c2n1. The second-order valence-corrected chi connectivity index (χ2v) is 11.6. The summed E-state index contributed by atoms with van der Waals surface area (Å²) in [5.41, 5.74) is -0.443. The first-order chi connectivity index (χ1) is 21.3. The summed E-state index contributed by atoms with van der Waals surface area (Å²) >= 11 is 6.43. The molecular weight excluding hydrogens is 730 g/mol. The highest BCUT2D eigenvalue weighted by Crippen LogP contribution is 2.31. The van der Waals surface area contributed by atoms with E-state index in [1.54, 1.807) is 46.8 Å². The van der Waals surface area contributed by atoms with Crippen molar-refractivity contribution < 1.29 is 47.1 Å². The van der Waals surface area contributed by atoms with Crippen LogP contribution in [0.3, 0.4) is 0 Å². The molecule has 16 heteroatoms. The average molecular weight is 762 g/mol. The van der Waals surface area contributed by atoms with Crippen molar-refractivity contribution in [3.05, 3.63) is 44.8 Å². The fourth-order valence-corrected chi connectivity index (χ4v) is 4.37. The molecule has 4 aromatic rings. The summed E-state index contributed by atoms with van der Waals surface area (Å²) in [4.78, 5) is 27.8. The molecular formula is C29H32Br2F2N4O8. The van der Waals surface area contributed by atoms with E-state index in [0.29, 0.717) is 32.9 Å². The highest BCUT2D eigenvalue weighted by atomic mass is 79.9. The van der Waals surface area contributed by atoms with Crippen LogP contribution in [-0.2, 0) is 9.47 Å². The molecule has 0 aliphatic rings. The van der Waals surface area contributed by atoms with E-state index in [4.69, 9.17) is 33.5 Å². The zero-order valence-electron chi connectivity index (χ0n) is 25.2. The van der Waals surface area contributed by atoms with E-state index in [2.05, 4.69) is 51.8 Å². The third-order valence-electron chi connectivity index (χ3n) is 5.13. The number of halogens is 4. The Labute approximate surface area is 274 Å². The zero-order valence-corrected chi connectivity index (χ0v) is 28.3. The van der Waals surface area contributed by atoms with Gasteiger partial charge in [-0.25, -0.2) is 13.6 Å². The summed E-state index contributed by atoms with van der Waals surface area (Å²) in [5.74, 6) is -0.719. The molecule has 4 rings (SSSR count). The summed E-state index contributed by atoms with van der Waals surface area (Å²) in [5, 5.41) is 9.59. The van der Waals surface area contributed by atoms with Crippen molar-refractivity contribution >= 4 is 59.8 Å². The number of rotatable bonds is 11. The second kappa shape index (κ2) is 16.6. The number of aliphatic hydroxyl groups excluding tert-OH is 1. The minimum Gasteiger partial charge on any atom is -0.475 e. The van der Waals surface area contributed by atoms with E-state index in [9.17, 15) is 13.6 Å². The number of ether oxygens (including phenoxy) is 6. The maximum Gasteiger partial charge on any atom is 0.508 e. The highest BCUT2D eigenvalue weighted by Gasteiger charge is 2.18. The molecule has 0 atom stereocenters. The number of carbonyl (C=O) groups is 1. The summed E-state index contributed by atoms with van der Waals surface area (Å²) < 4.78 is 60.4. The molecule has 12 nitrogen and oxygen atoms in total. The topological polar surface area (TPSA) is 144 Å². The van der Waals surface area contributed by atoms with E-state index in [0.717, 1.165) is 0 Å². The van der Waals surface area contributed by atoms with Gasteiger partial charge in [-0.1, -0.05) is 31.9 Å². The minimum atomic E-state index is -0.794. The van der Waals surface area contributed by atoms with Gasteiger partial charge in [-0.15, -0.1) is 0 Å². The highest BCUT2D eigenvalue weighted by molar-refractivity contribution is 9.10. The molecule has 45 heavy (non-hydrogen) atoms. The van der Waals surface area contributed by atoms with Crippen LogP contribution in [0, 0.1) is 11.6 Å². The molecule has 0 unspecified atom stereocenters. The normalized spacial score (nSPS) is 11.1. The Morgan fingerprint density at radius 2 is 1.22 bits per heavy atom. The van der Waals surface area contributed by atoms with Gasteiger partial charge in [0.05, 0.1) is 30.6 Å². The molecule has 0 saturated heterocycles. The Bertz CT molecular complexity index is 1630. The Hall–Kier alpha value is -3.63. The van der Waals surface area contributed by atoms with Crippen molar-refractivity contribution in [2.75, 3.05) is 39.6 Å². The fourth-order valence-electron chi connectivity index (χ4n) is 3.51. The average Bonchev–Trinajstić information content (AvgIpc) is 2.95. The van der Waals surface area contributed by atoms with Gasteiger partial charge in [0.15, 0.2) is 11.6 Å². The van der Waals surface area contributed by atoms with Gasteiger partial charge in [-0.2, -0.15) is 19.9 Å². The third kappa shape index (κ3) is 10.7. The van der Waals surface area contributed by atoms with E-state index < -0.39 is 23.4 Å². The predicted molar refractivity (Wildman–Crippen MR) is 167 cm³/mol. The molecule has 0 bridgehead atoms. The number of benzene rings is 2. The van der Waals surface area contributed by atoms with Crippen molar-refractivity contribution in [3.8, 4) is 23.8 Å². The van der Waals surface area contributed by atoms with Crippen LogP contribution in [0.2, 0.25) is 0 Å². The number of nitrogens with zero attached hydrogens (tertiary/aromatic N) is 4. The van der Waals surface area contributed by atoms with Crippen molar-refractivity contribution in [2.24, 2.45) is 0 Å². The van der Waals surface area contributed by atoms with E-state index in [1.807, 2.05) is 0 Å². The summed E-state index contributed by atoms with van der Waals surface area (Å²) in [7, 11) is 0. The first-order valence-electron chi connectivity index (χ1n) is 13.7. The van der Waals surface area contributed by atoms with Crippen LogP contribution in [0.5, 0.6) is 23.8 Å². The number of hydrogen-bond acceptors (Lipinski definition) is 12. The van der Waals surface area contributed by atoms with Gasteiger partial charge in [-0.3, -0.25) is 0 Å². The van der Waals surface area contributed by atoms with Gasteiger partial charge < -0.3 is 33.5 Å². The fraction of sp³-hybridized carbons (Fsp3) is 0.414. The molecule has 1 N–H and O–H groups in total. The lowest BCUT2D eigenvalue weighted by molar-refractivity contribution is -0.0115. The predicted octanol–water partition coefficient (Wildman–Crippen LogP) is 6.56. The lowest BCUT2D eigenvalue weighted by Gasteiger charge is -2.18. The zero-order chi connectivity index (χ0) is 33.1. The van der Waals surface area contributed by atoms with Crippen LogP contribution in [0.25, 0.3) is 21.8 Å². The summed E-state index contributed by atoms with van der Waals surface area (Å²) in [6.07, 6.45) is -0.794. The standard InChI is InChI=1S/C17H20BrFN2O5.C12H12BrFN2O3/c1-5-23-15-20-13-11(8-10(18)9-12(13)19)14(21-15)24-6-7-25-16(22)26-17(2,3)4;1-2-18-12-15-10-8(5-7(13)6-9(10)14)11(16-12)19-4-3-17/h8-9H,5-7H2,1-4H3;5-6,17H,2-4H2,1H3. The second-order valence-electron chi connectivity index (χ2n) is 9.79. The molecule has 0 fully saturated rings. The molecule has 2 aromatic heterocycles. The maximum absolute atomic E-state index is 14.2. The van der Waals surface area contributed by atoms with Crippen LogP contribution >= 0.6 is 31.9 Å². The number of aromatic nitrogens is 4. The molecule has 0 aliphatic carbocycles. The van der Waals surface area contributed by atoms with Crippen LogP contribution in [0.1, 0.15) is 34.6 Å². The number of hydrogen-bond donors (Lipinski definition) is 1. The monoisotopic (exact) mass is 760 g/mol. The maximum atomic E-state index is 14.2. The first-order valence-corrected chi connectivity index (χ1v) is 15.2. The lowest BCUT2D eigenvalue weighted by Crippen LogP contribution is -2.25. The van der Waals surface area contributed by atoms with E-state index in [-0.39, 0.29) is 61.2 Å². The van der Waals surface area contributed by atoms with Crippen LogP contribution in [0.4, 0.5) is 13.6 Å². The molecule has 0 radical (unpaired) electrons. The molecule has 244 valence electrons. The van der Waals surface area contributed by atoms with Gasteiger partial charge >= 0.3 is 18.2 Å². The minimum absolute atomic E-state index is 0.00397. The van der Waals surface area contributed by atoms with Gasteiger partial charge in [0.2, 0.25) is 11.8 Å². The molecule has 0 amide bonds. The Kier molecular flexibility index (Phi) is 13.2. The molecule has 2 heterocycles. The smallest absolute Gasteiger partial charge is 0.475 e. The van der Waals surface area contributed by atoms with Crippen molar-refractivity contribution in [1.29, 1.82) is 0 Å². The summed E-state index contributed by atoms with van der Waals surface area (Å²) in [6, 6.07) is 5.94. The molecule has 0 spiro atoms. The first kappa shape index (κ1) is 35.8. The Balaban J connectivity index is 0.000000257. The quantitative estimate of drug-likeness (QED) is 0.131. The van der Waals surface area contributed by atoms with Crippen molar-refractivity contribution in [3.63, 3.8) is 0 Å². The van der Waals surface area contributed by atoms with E-state index in [1.165, 1.54) is 12.1 Å².